The second-order valence-corrected chi connectivity index (χ2v) is 6.59. The van der Waals surface area contributed by atoms with Crippen LogP contribution in [0.4, 0.5) is 0 Å². The van der Waals surface area contributed by atoms with Crippen molar-refractivity contribution in [1.29, 1.82) is 0 Å². The first-order valence-electron chi connectivity index (χ1n) is 9.63. The maximum absolute atomic E-state index is 10.2. The van der Waals surface area contributed by atoms with Crippen LogP contribution in [0.5, 0.6) is 0 Å². The van der Waals surface area contributed by atoms with Crippen molar-refractivity contribution in [3.05, 3.63) is 12.2 Å². The van der Waals surface area contributed by atoms with Gasteiger partial charge in [0.2, 0.25) is 0 Å². The summed E-state index contributed by atoms with van der Waals surface area (Å²) in [6.45, 7) is 15.9. The second-order valence-electron chi connectivity index (χ2n) is 6.59. The Morgan fingerprint density at radius 1 is 1.09 bits per heavy atom. The van der Waals surface area contributed by atoms with Gasteiger partial charge < -0.3 is 9.90 Å². The number of carbonyl (C=O) groups is 1. The molecule has 0 amide bonds. The summed E-state index contributed by atoms with van der Waals surface area (Å²) in [5, 5.41) is 9.49. The lowest BCUT2D eigenvalue weighted by Gasteiger charge is -2.14. The minimum absolute atomic E-state index is 0.307. The molecule has 1 atom stereocenters. The molecule has 23 heavy (non-hydrogen) atoms. The number of allylic oxidation sites excluding steroid dienone is 1. The number of rotatable bonds is 10. The van der Waals surface area contributed by atoms with Gasteiger partial charge in [-0.05, 0) is 46.0 Å². The summed E-state index contributed by atoms with van der Waals surface area (Å²) >= 11 is 0. The third-order valence-corrected chi connectivity index (χ3v) is 3.41. The third-order valence-electron chi connectivity index (χ3n) is 3.41. The number of carbonyl (C=O) groups excluding carboxylic acids is 1. The number of aliphatic hydroxyl groups is 1. The van der Waals surface area contributed by atoms with E-state index in [4.69, 9.17) is 0 Å². The number of hydrogen-bond acceptors (Lipinski definition) is 2. The summed E-state index contributed by atoms with van der Waals surface area (Å²) < 4.78 is 0. The van der Waals surface area contributed by atoms with E-state index in [1.807, 2.05) is 27.7 Å². The molecular weight excluding hydrogens is 284 g/mol. The largest absolute Gasteiger partial charge is 0.390 e. The molecule has 0 fully saturated rings. The number of Topliss-reactive ketones (excluding diaryl/α,β-unsaturated/α-hetero) is 1. The van der Waals surface area contributed by atoms with Crippen LogP contribution in [0.15, 0.2) is 12.2 Å². The number of unbranched alkanes of at least 4 members (excludes halogenated alkanes) is 1. The molecule has 140 valence electrons. The van der Waals surface area contributed by atoms with Gasteiger partial charge in [-0.2, -0.15) is 0 Å². The molecular formula is C21H44O2. The Balaban J connectivity index is -0.000000373. The van der Waals surface area contributed by atoms with Gasteiger partial charge in [0.1, 0.15) is 5.78 Å². The van der Waals surface area contributed by atoms with Crippen LogP contribution in [0.1, 0.15) is 107 Å². The highest BCUT2D eigenvalue weighted by Crippen LogP contribution is 2.16. The fraction of sp³-hybridized carbons (Fsp3) is 0.857. The van der Waals surface area contributed by atoms with Gasteiger partial charge >= 0.3 is 0 Å². The van der Waals surface area contributed by atoms with E-state index in [-0.39, 0.29) is 0 Å². The van der Waals surface area contributed by atoms with E-state index >= 15 is 0 Å². The Morgan fingerprint density at radius 2 is 1.65 bits per heavy atom. The molecule has 2 heteroatoms. The lowest BCUT2D eigenvalue weighted by molar-refractivity contribution is -0.117. The fourth-order valence-corrected chi connectivity index (χ4v) is 1.98. The minimum Gasteiger partial charge on any atom is -0.390 e. The van der Waals surface area contributed by atoms with Crippen LogP contribution >= 0.6 is 0 Å². The average Bonchev–Trinajstić information content (AvgIpc) is 2.50. The van der Waals surface area contributed by atoms with Crippen LogP contribution in [0.3, 0.4) is 0 Å². The highest BCUT2D eigenvalue weighted by molar-refractivity contribution is 5.75. The zero-order valence-corrected chi connectivity index (χ0v) is 17.2. The molecule has 0 saturated carbocycles. The van der Waals surface area contributed by atoms with Gasteiger partial charge in [-0.25, -0.2) is 0 Å². The van der Waals surface area contributed by atoms with Gasteiger partial charge in [-0.3, -0.25) is 0 Å². The maximum atomic E-state index is 10.2. The normalized spacial score (nSPS) is 12.0. The van der Waals surface area contributed by atoms with Crippen molar-refractivity contribution >= 4 is 5.78 Å². The van der Waals surface area contributed by atoms with Crippen LogP contribution in [-0.4, -0.2) is 16.5 Å². The van der Waals surface area contributed by atoms with Gasteiger partial charge in [0.25, 0.3) is 0 Å². The van der Waals surface area contributed by atoms with Crippen molar-refractivity contribution in [2.24, 2.45) is 5.92 Å². The average molecular weight is 329 g/mol. The molecule has 1 N–H and O–H groups in total. The molecule has 0 spiro atoms. The first-order valence-corrected chi connectivity index (χ1v) is 9.63. The lowest BCUT2D eigenvalue weighted by atomic mass is 9.96. The standard InChI is InChI=1S/C13H26O.C6H12O.C2H6/c1-5-9-12(6-2)10-7-8-11-13(3,4)14;1-3-4-5-6(2)7;1-2/h7-8,12,14H,5-6,9-11H2,1-4H3;3-5H2,1-2H3;1-2H3/b8-7+;;. The van der Waals surface area contributed by atoms with Gasteiger partial charge in [0.15, 0.2) is 0 Å². The summed E-state index contributed by atoms with van der Waals surface area (Å²) in [5.74, 6) is 1.14. The van der Waals surface area contributed by atoms with E-state index < -0.39 is 5.60 Å². The summed E-state index contributed by atoms with van der Waals surface area (Å²) in [7, 11) is 0. The minimum atomic E-state index is -0.553. The van der Waals surface area contributed by atoms with Crippen LogP contribution in [-0.2, 0) is 4.79 Å². The van der Waals surface area contributed by atoms with Crippen molar-refractivity contribution in [2.75, 3.05) is 0 Å². The van der Waals surface area contributed by atoms with E-state index in [2.05, 4.69) is 32.9 Å². The van der Waals surface area contributed by atoms with E-state index in [0.29, 0.717) is 5.78 Å². The molecule has 0 saturated heterocycles. The molecule has 0 aliphatic carbocycles. The molecule has 0 aromatic rings. The first kappa shape index (κ1) is 27.2. The molecule has 2 nitrogen and oxygen atoms in total. The van der Waals surface area contributed by atoms with Gasteiger partial charge in [-0.1, -0.05) is 72.5 Å². The summed E-state index contributed by atoms with van der Waals surface area (Å²) in [6, 6.07) is 0. The summed E-state index contributed by atoms with van der Waals surface area (Å²) in [6.07, 6.45) is 13.1. The Labute approximate surface area is 146 Å². The molecule has 0 bridgehead atoms. The molecule has 0 heterocycles. The molecule has 1 unspecified atom stereocenters. The van der Waals surface area contributed by atoms with Gasteiger partial charge in [0.05, 0.1) is 5.60 Å². The zero-order chi connectivity index (χ0) is 18.7. The second kappa shape index (κ2) is 19.4. The number of hydrogen-bond donors (Lipinski definition) is 1. The Bertz CT molecular complexity index is 262. The summed E-state index contributed by atoms with van der Waals surface area (Å²) in [5.41, 5.74) is -0.553. The van der Waals surface area contributed by atoms with Crippen molar-refractivity contribution in [3.63, 3.8) is 0 Å². The van der Waals surface area contributed by atoms with Crippen molar-refractivity contribution in [2.45, 2.75) is 112 Å². The van der Waals surface area contributed by atoms with Crippen LogP contribution in [0.25, 0.3) is 0 Å². The zero-order valence-electron chi connectivity index (χ0n) is 17.2. The van der Waals surface area contributed by atoms with Crippen LogP contribution in [0.2, 0.25) is 0 Å². The van der Waals surface area contributed by atoms with Crippen molar-refractivity contribution in [3.8, 4) is 0 Å². The Morgan fingerprint density at radius 3 is 1.96 bits per heavy atom. The number of ketones is 1. The monoisotopic (exact) mass is 328 g/mol. The molecule has 0 radical (unpaired) electrons. The van der Waals surface area contributed by atoms with E-state index in [0.717, 1.165) is 31.6 Å². The van der Waals surface area contributed by atoms with Crippen LogP contribution in [0, 0.1) is 5.92 Å². The maximum Gasteiger partial charge on any atom is 0.129 e. The topological polar surface area (TPSA) is 37.3 Å². The highest BCUT2D eigenvalue weighted by atomic mass is 16.3. The predicted molar refractivity (Wildman–Crippen MR) is 105 cm³/mol. The summed E-state index contributed by atoms with van der Waals surface area (Å²) in [4.78, 5) is 10.2. The smallest absolute Gasteiger partial charge is 0.129 e. The molecule has 0 rings (SSSR count). The predicted octanol–water partition coefficient (Wildman–Crippen LogP) is 6.71. The fourth-order valence-electron chi connectivity index (χ4n) is 1.98. The third kappa shape index (κ3) is 29.9. The molecule has 0 aromatic heterocycles. The molecule has 0 aliphatic rings. The van der Waals surface area contributed by atoms with Crippen LogP contribution < -0.4 is 0 Å². The van der Waals surface area contributed by atoms with Crippen molar-refractivity contribution < 1.29 is 9.90 Å². The van der Waals surface area contributed by atoms with Gasteiger partial charge in [0, 0.05) is 6.42 Å². The van der Waals surface area contributed by atoms with E-state index in [1.54, 1.807) is 6.92 Å². The molecule has 0 aromatic carbocycles. The van der Waals surface area contributed by atoms with E-state index in [9.17, 15) is 9.90 Å². The highest BCUT2D eigenvalue weighted by Gasteiger charge is 2.09. The Kier molecular flexibility index (Phi) is 23.0. The molecule has 0 aliphatic heterocycles. The van der Waals surface area contributed by atoms with Crippen molar-refractivity contribution in [1.82, 2.24) is 0 Å². The Hall–Kier alpha value is -0.630. The van der Waals surface area contributed by atoms with Gasteiger partial charge in [-0.15, -0.1) is 0 Å². The van der Waals surface area contributed by atoms with E-state index in [1.165, 1.54) is 25.7 Å². The quantitative estimate of drug-likeness (QED) is 0.452. The SMILES string of the molecule is CC.CCCC(CC)C/C=C/CC(C)(C)O.CCCCC(C)=O. The lowest BCUT2D eigenvalue weighted by Crippen LogP contribution is -2.16. The first-order chi connectivity index (χ1) is 10.8.